The Morgan fingerprint density at radius 2 is 1.82 bits per heavy atom. The minimum absolute atomic E-state index is 0.259. The summed E-state index contributed by atoms with van der Waals surface area (Å²) in [7, 11) is 0. The Morgan fingerprint density at radius 1 is 1.04 bits per heavy atom. The Morgan fingerprint density at radius 3 is 2.46 bits per heavy atom. The quantitative estimate of drug-likeness (QED) is 0.748. The maximum Gasteiger partial charge on any atom is 0.266 e. The molecule has 2 aliphatic heterocycles. The molecule has 0 aromatic carbocycles. The van der Waals surface area contributed by atoms with E-state index >= 15 is 0 Å². The minimum Gasteiger partial charge on any atom is -0.476 e. The highest BCUT2D eigenvalue weighted by molar-refractivity contribution is 5.36. The molecule has 152 valence electrons. The van der Waals surface area contributed by atoms with E-state index in [9.17, 15) is 0 Å². The van der Waals surface area contributed by atoms with Gasteiger partial charge >= 0.3 is 0 Å². The highest BCUT2D eigenvalue weighted by Crippen LogP contribution is 2.24. The molecule has 0 saturated carbocycles. The van der Waals surface area contributed by atoms with Gasteiger partial charge in [-0.25, -0.2) is 9.97 Å². The Balaban J connectivity index is 1.22. The number of ether oxygens (including phenoxy) is 1. The third-order valence-corrected chi connectivity index (χ3v) is 5.58. The average Bonchev–Trinajstić information content (AvgIpc) is 3.24. The fourth-order valence-electron chi connectivity index (χ4n) is 3.76. The van der Waals surface area contributed by atoms with Gasteiger partial charge in [0.2, 0.25) is 11.8 Å². The first-order chi connectivity index (χ1) is 13.7. The molecule has 2 aromatic rings. The Labute approximate surface area is 166 Å². The first-order valence-electron chi connectivity index (χ1n) is 10.5. The summed E-state index contributed by atoms with van der Waals surface area (Å²) >= 11 is 0. The number of rotatable bonds is 6. The lowest BCUT2D eigenvalue weighted by Crippen LogP contribution is -2.36. The van der Waals surface area contributed by atoms with Gasteiger partial charge in [-0.2, -0.15) is 4.98 Å². The van der Waals surface area contributed by atoms with Crippen molar-refractivity contribution in [2.45, 2.75) is 51.9 Å². The summed E-state index contributed by atoms with van der Waals surface area (Å²) < 4.78 is 11.2. The van der Waals surface area contributed by atoms with Gasteiger partial charge in [0.25, 0.3) is 5.95 Å². The van der Waals surface area contributed by atoms with E-state index in [2.05, 4.69) is 43.8 Å². The van der Waals surface area contributed by atoms with Gasteiger partial charge in [0.1, 0.15) is 5.82 Å². The van der Waals surface area contributed by atoms with E-state index in [0.29, 0.717) is 30.2 Å². The van der Waals surface area contributed by atoms with Gasteiger partial charge in [0.15, 0.2) is 0 Å². The zero-order chi connectivity index (χ0) is 19.3. The molecule has 0 aliphatic carbocycles. The number of hydrogen-bond donors (Lipinski definition) is 0. The smallest absolute Gasteiger partial charge is 0.266 e. The Kier molecular flexibility index (Phi) is 5.92. The molecule has 4 heterocycles. The SMILES string of the molecule is CC(C)c1nc(N2CCC(COc3cnc(N4CCCCC4)cn3)CC2)no1. The fourth-order valence-corrected chi connectivity index (χ4v) is 3.76. The molecule has 2 aliphatic rings. The van der Waals surface area contributed by atoms with Gasteiger partial charge in [-0.05, 0) is 43.2 Å². The second kappa shape index (κ2) is 8.75. The predicted molar refractivity (Wildman–Crippen MR) is 107 cm³/mol. The van der Waals surface area contributed by atoms with Crippen LogP contribution >= 0.6 is 0 Å². The molecule has 8 heteroatoms. The van der Waals surface area contributed by atoms with Crippen molar-refractivity contribution in [3.8, 4) is 5.88 Å². The van der Waals surface area contributed by atoms with Crippen LogP contribution in [0.2, 0.25) is 0 Å². The lowest BCUT2D eigenvalue weighted by atomic mass is 9.98. The molecule has 2 saturated heterocycles. The molecule has 0 spiro atoms. The largest absolute Gasteiger partial charge is 0.476 e. The highest BCUT2D eigenvalue weighted by atomic mass is 16.5. The highest BCUT2D eigenvalue weighted by Gasteiger charge is 2.24. The van der Waals surface area contributed by atoms with Crippen LogP contribution in [0.25, 0.3) is 0 Å². The summed E-state index contributed by atoms with van der Waals surface area (Å²) in [6.45, 7) is 8.79. The van der Waals surface area contributed by atoms with Gasteiger partial charge < -0.3 is 19.1 Å². The lowest BCUT2D eigenvalue weighted by Gasteiger charge is -2.30. The summed E-state index contributed by atoms with van der Waals surface area (Å²) in [5.74, 6) is 3.75. The van der Waals surface area contributed by atoms with Crippen molar-refractivity contribution in [1.82, 2.24) is 20.1 Å². The molecule has 0 bridgehead atoms. The van der Waals surface area contributed by atoms with Crippen molar-refractivity contribution in [3.63, 3.8) is 0 Å². The zero-order valence-electron chi connectivity index (χ0n) is 16.9. The van der Waals surface area contributed by atoms with E-state index in [1.165, 1.54) is 19.3 Å². The van der Waals surface area contributed by atoms with Crippen molar-refractivity contribution in [3.05, 3.63) is 18.3 Å². The fraction of sp³-hybridized carbons (Fsp3) is 0.700. The van der Waals surface area contributed by atoms with Crippen LogP contribution < -0.4 is 14.5 Å². The van der Waals surface area contributed by atoms with E-state index in [-0.39, 0.29) is 5.92 Å². The van der Waals surface area contributed by atoms with Crippen LogP contribution in [0.15, 0.2) is 16.9 Å². The molecular weight excluding hydrogens is 356 g/mol. The summed E-state index contributed by atoms with van der Waals surface area (Å²) in [5.41, 5.74) is 0. The van der Waals surface area contributed by atoms with Crippen LogP contribution in [0.1, 0.15) is 57.8 Å². The third kappa shape index (κ3) is 4.54. The summed E-state index contributed by atoms with van der Waals surface area (Å²) in [6, 6.07) is 0. The van der Waals surface area contributed by atoms with Crippen LogP contribution in [0.5, 0.6) is 5.88 Å². The molecule has 0 unspecified atom stereocenters. The first kappa shape index (κ1) is 19.0. The number of anilines is 2. The van der Waals surface area contributed by atoms with Gasteiger partial charge in [0.05, 0.1) is 19.0 Å². The molecule has 0 radical (unpaired) electrons. The van der Waals surface area contributed by atoms with Crippen LogP contribution in [0.4, 0.5) is 11.8 Å². The van der Waals surface area contributed by atoms with Crippen molar-refractivity contribution < 1.29 is 9.26 Å². The van der Waals surface area contributed by atoms with E-state index in [1.807, 2.05) is 6.20 Å². The van der Waals surface area contributed by atoms with Crippen molar-refractivity contribution in [2.75, 3.05) is 42.6 Å². The topological polar surface area (TPSA) is 80.4 Å². The van der Waals surface area contributed by atoms with Crippen molar-refractivity contribution in [2.24, 2.45) is 5.92 Å². The van der Waals surface area contributed by atoms with Gasteiger partial charge in [-0.15, -0.1) is 0 Å². The first-order valence-corrected chi connectivity index (χ1v) is 10.5. The van der Waals surface area contributed by atoms with Crippen molar-refractivity contribution >= 4 is 11.8 Å². The lowest BCUT2D eigenvalue weighted by molar-refractivity contribution is 0.214. The molecular formula is C20H30N6O2. The third-order valence-electron chi connectivity index (χ3n) is 5.58. The summed E-state index contributed by atoms with van der Waals surface area (Å²) in [6.07, 6.45) is 9.48. The molecule has 8 nitrogen and oxygen atoms in total. The van der Waals surface area contributed by atoms with Gasteiger partial charge in [-0.1, -0.05) is 13.8 Å². The minimum atomic E-state index is 0.259. The molecule has 4 rings (SSSR count). The molecule has 2 aromatic heterocycles. The average molecular weight is 387 g/mol. The molecule has 0 N–H and O–H groups in total. The Bertz CT molecular complexity index is 733. The van der Waals surface area contributed by atoms with E-state index in [0.717, 1.165) is 44.8 Å². The summed E-state index contributed by atoms with van der Waals surface area (Å²) in [5, 5.41) is 4.11. The van der Waals surface area contributed by atoms with Crippen LogP contribution in [-0.2, 0) is 0 Å². The maximum absolute atomic E-state index is 5.90. The van der Waals surface area contributed by atoms with Crippen LogP contribution in [-0.4, -0.2) is 52.9 Å². The van der Waals surface area contributed by atoms with E-state index in [4.69, 9.17) is 9.26 Å². The summed E-state index contributed by atoms with van der Waals surface area (Å²) in [4.78, 5) is 18.0. The van der Waals surface area contributed by atoms with Crippen molar-refractivity contribution in [1.29, 1.82) is 0 Å². The maximum atomic E-state index is 5.90. The molecule has 0 amide bonds. The predicted octanol–water partition coefficient (Wildman–Crippen LogP) is 3.27. The standard InChI is InChI=1S/C20H30N6O2/c1-15(2)19-23-20(24-28-19)26-10-6-16(7-11-26)14-27-18-13-21-17(12-22-18)25-8-4-3-5-9-25/h12-13,15-16H,3-11,14H2,1-2H3. The second-order valence-electron chi connectivity index (χ2n) is 8.09. The zero-order valence-corrected chi connectivity index (χ0v) is 16.9. The number of hydrogen-bond acceptors (Lipinski definition) is 8. The normalized spacial score (nSPS) is 18.7. The van der Waals surface area contributed by atoms with E-state index < -0.39 is 0 Å². The van der Waals surface area contributed by atoms with E-state index in [1.54, 1.807) is 6.20 Å². The van der Waals surface area contributed by atoms with Gasteiger partial charge in [-0.3, -0.25) is 0 Å². The van der Waals surface area contributed by atoms with Gasteiger partial charge in [0, 0.05) is 32.1 Å². The van der Waals surface area contributed by atoms with Crippen LogP contribution in [0, 0.1) is 5.92 Å². The number of aromatic nitrogens is 4. The second-order valence-corrected chi connectivity index (χ2v) is 8.09. The Hall–Kier alpha value is -2.38. The monoisotopic (exact) mass is 386 g/mol. The number of nitrogens with zero attached hydrogens (tertiary/aromatic N) is 6. The van der Waals surface area contributed by atoms with Crippen LogP contribution in [0.3, 0.4) is 0 Å². The number of piperidine rings is 2. The molecule has 28 heavy (non-hydrogen) atoms. The molecule has 0 atom stereocenters. The molecule has 2 fully saturated rings.